The van der Waals surface area contributed by atoms with E-state index < -0.39 is 6.04 Å². The summed E-state index contributed by atoms with van der Waals surface area (Å²) in [7, 11) is 0. The molecule has 0 radical (unpaired) electrons. The Hall–Kier alpha value is -3.25. The van der Waals surface area contributed by atoms with E-state index in [0.29, 0.717) is 17.3 Å². The molecule has 1 heterocycles. The summed E-state index contributed by atoms with van der Waals surface area (Å²) in [6.07, 6.45) is 0. The van der Waals surface area contributed by atoms with Gasteiger partial charge in [-0.15, -0.1) is 10.2 Å². The molecule has 1 aromatic heterocycles. The van der Waals surface area contributed by atoms with E-state index >= 15 is 0 Å². The average molecular weight is 434 g/mol. The minimum Gasteiger partial charge on any atom is -0.418 e. The molecule has 1 amide bonds. The van der Waals surface area contributed by atoms with Crippen LogP contribution >= 0.6 is 15.9 Å². The van der Waals surface area contributed by atoms with Crippen LogP contribution in [0.2, 0.25) is 0 Å². The van der Waals surface area contributed by atoms with Gasteiger partial charge < -0.3 is 9.73 Å². The van der Waals surface area contributed by atoms with Gasteiger partial charge in [-0.25, -0.2) is 0 Å². The van der Waals surface area contributed by atoms with Crippen molar-refractivity contribution in [3.8, 4) is 11.5 Å². The fourth-order valence-electron chi connectivity index (χ4n) is 2.84. The standard InChI is InChI=1S/C22H16BrN3O2/c23-18-14-8-7-13-17(18)20(27)24-19(15-9-3-1-4-10-15)22-26-25-21(28-22)16-11-5-2-6-12-16/h1-14,19H,(H,24,27). The fourth-order valence-corrected chi connectivity index (χ4v) is 3.30. The van der Waals surface area contributed by atoms with E-state index in [1.807, 2.05) is 78.9 Å². The lowest BCUT2D eigenvalue weighted by atomic mass is 10.1. The fraction of sp³-hybridized carbons (Fsp3) is 0.0455. The molecule has 0 saturated heterocycles. The molecule has 28 heavy (non-hydrogen) atoms. The van der Waals surface area contributed by atoms with Gasteiger partial charge in [0.2, 0.25) is 11.8 Å². The van der Waals surface area contributed by atoms with E-state index in [1.165, 1.54) is 0 Å². The minimum atomic E-state index is -0.564. The second kappa shape index (κ2) is 8.19. The smallest absolute Gasteiger partial charge is 0.253 e. The van der Waals surface area contributed by atoms with Crippen LogP contribution < -0.4 is 5.32 Å². The molecular weight excluding hydrogens is 418 g/mol. The van der Waals surface area contributed by atoms with E-state index in [9.17, 15) is 4.79 Å². The Balaban J connectivity index is 1.68. The lowest BCUT2D eigenvalue weighted by Crippen LogP contribution is -2.29. The van der Waals surface area contributed by atoms with E-state index in [2.05, 4.69) is 31.4 Å². The summed E-state index contributed by atoms with van der Waals surface area (Å²) in [6, 6.07) is 25.8. The predicted molar refractivity (Wildman–Crippen MR) is 110 cm³/mol. The third-order valence-corrected chi connectivity index (χ3v) is 4.93. The van der Waals surface area contributed by atoms with Crippen molar-refractivity contribution < 1.29 is 9.21 Å². The predicted octanol–water partition coefficient (Wildman–Crippen LogP) is 5.02. The lowest BCUT2D eigenvalue weighted by Gasteiger charge is -2.16. The molecule has 0 fully saturated rings. The van der Waals surface area contributed by atoms with Gasteiger partial charge >= 0.3 is 0 Å². The number of benzene rings is 3. The number of aromatic nitrogens is 2. The molecule has 138 valence electrons. The van der Waals surface area contributed by atoms with Crippen LogP contribution in [-0.4, -0.2) is 16.1 Å². The van der Waals surface area contributed by atoms with Crippen LogP contribution in [0.25, 0.3) is 11.5 Å². The summed E-state index contributed by atoms with van der Waals surface area (Å²) in [4.78, 5) is 12.9. The Morgan fingerprint density at radius 3 is 2.21 bits per heavy atom. The molecule has 1 atom stereocenters. The van der Waals surface area contributed by atoms with Gasteiger partial charge in [0, 0.05) is 10.0 Å². The highest BCUT2D eigenvalue weighted by atomic mass is 79.9. The first-order valence-electron chi connectivity index (χ1n) is 8.71. The summed E-state index contributed by atoms with van der Waals surface area (Å²) in [5.41, 5.74) is 2.21. The van der Waals surface area contributed by atoms with Gasteiger partial charge in [-0.05, 0) is 45.8 Å². The van der Waals surface area contributed by atoms with Crippen molar-refractivity contribution >= 4 is 21.8 Å². The second-order valence-electron chi connectivity index (χ2n) is 6.11. The monoisotopic (exact) mass is 433 g/mol. The molecule has 0 aliphatic carbocycles. The van der Waals surface area contributed by atoms with Crippen LogP contribution in [0.4, 0.5) is 0 Å². The summed E-state index contributed by atoms with van der Waals surface area (Å²) >= 11 is 3.42. The molecule has 0 spiro atoms. The van der Waals surface area contributed by atoms with Crippen molar-refractivity contribution in [1.82, 2.24) is 15.5 Å². The quantitative estimate of drug-likeness (QED) is 0.479. The molecule has 4 rings (SSSR count). The molecule has 1 unspecified atom stereocenters. The van der Waals surface area contributed by atoms with Crippen LogP contribution in [0.3, 0.4) is 0 Å². The van der Waals surface area contributed by atoms with Crippen LogP contribution in [-0.2, 0) is 0 Å². The van der Waals surface area contributed by atoms with Crippen LogP contribution in [0.1, 0.15) is 27.9 Å². The van der Waals surface area contributed by atoms with Crippen molar-refractivity contribution in [2.45, 2.75) is 6.04 Å². The van der Waals surface area contributed by atoms with Crippen molar-refractivity contribution in [1.29, 1.82) is 0 Å². The normalized spacial score (nSPS) is 11.8. The Kier molecular flexibility index (Phi) is 5.30. The zero-order valence-corrected chi connectivity index (χ0v) is 16.3. The van der Waals surface area contributed by atoms with Gasteiger partial charge in [0.05, 0.1) is 5.56 Å². The largest absolute Gasteiger partial charge is 0.418 e. The van der Waals surface area contributed by atoms with Gasteiger partial charge in [-0.3, -0.25) is 4.79 Å². The number of amides is 1. The van der Waals surface area contributed by atoms with Gasteiger partial charge in [0.1, 0.15) is 6.04 Å². The van der Waals surface area contributed by atoms with E-state index in [-0.39, 0.29) is 5.91 Å². The molecule has 1 N–H and O–H groups in total. The highest BCUT2D eigenvalue weighted by Gasteiger charge is 2.24. The Bertz CT molecular complexity index is 1080. The first-order valence-corrected chi connectivity index (χ1v) is 9.51. The Morgan fingerprint density at radius 1 is 0.857 bits per heavy atom. The van der Waals surface area contributed by atoms with E-state index in [1.54, 1.807) is 6.07 Å². The lowest BCUT2D eigenvalue weighted by molar-refractivity contribution is 0.0937. The van der Waals surface area contributed by atoms with Crippen LogP contribution in [0.15, 0.2) is 93.8 Å². The SMILES string of the molecule is O=C(NC(c1ccccc1)c1nnc(-c2ccccc2)o1)c1ccccc1Br. The summed E-state index contributed by atoms with van der Waals surface area (Å²) in [5.74, 6) is 0.498. The zero-order chi connectivity index (χ0) is 19.3. The molecule has 3 aromatic carbocycles. The maximum atomic E-state index is 12.9. The topological polar surface area (TPSA) is 68.0 Å². The number of hydrogen-bond acceptors (Lipinski definition) is 4. The molecule has 0 saturated carbocycles. The number of rotatable bonds is 5. The number of nitrogens with one attached hydrogen (secondary N) is 1. The average Bonchev–Trinajstić information content (AvgIpc) is 3.23. The molecule has 5 nitrogen and oxygen atoms in total. The van der Waals surface area contributed by atoms with Crippen molar-refractivity contribution in [2.24, 2.45) is 0 Å². The number of carbonyl (C=O) groups is 1. The van der Waals surface area contributed by atoms with E-state index in [0.717, 1.165) is 15.6 Å². The molecule has 6 heteroatoms. The Morgan fingerprint density at radius 2 is 1.50 bits per heavy atom. The highest BCUT2D eigenvalue weighted by Crippen LogP contribution is 2.26. The summed E-state index contributed by atoms with van der Waals surface area (Å²) < 4.78 is 6.62. The van der Waals surface area contributed by atoms with Crippen molar-refractivity contribution in [3.05, 3.63) is 106 Å². The number of carbonyl (C=O) groups excluding carboxylic acids is 1. The van der Waals surface area contributed by atoms with Gasteiger partial charge in [0.15, 0.2) is 0 Å². The molecular formula is C22H16BrN3O2. The van der Waals surface area contributed by atoms with E-state index in [4.69, 9.17) is 4.42 Å². The maximum absolute atomic E-state index is 12.9. The molecule has 0 bridgehead atoms. The van der Waals surface area contributed by atoms with Crippen LogP contribution in [0, 0.1) is 0 Å². The number of nitrogens with zero attached hydrogens (tertiary/aromatic N) is 2. The van der Waals surface area contributed by atoms with Crippen molar-refractivity contribution in [3.63, 3.8) is 0 Å². The number of hydrogen-bond donors (Lipinski definition) is 1. The summed E-state index contributed by atoms with van der Waals surface area (Å²) in [6.45, 7) is 0. The van der Waals surface area contributed by atoms with Crippen molar-refractivity contribution in [2.75, 3.05) is 0 Å². The van der Waals surface area contributed by atoms with Gasteiger partial charge in [-0.2, -0.15) is 0 Å². The molecule has 0 aliphatic heterocycles. The zero-order valence-electron chi connectivity index (χ0n) is 14.7. The third-order valence-electron chi connectivity index (χ3n) is 4.24. The summed E-state index contributed by atoms with van der Waals surface area (Å²) in [5, 5.41) is 11.4. The van der Waals surface area contributed by atoms with Gasteiger partial charge in [0.25, 0.3) is 5.91 Å². The highest BCUT2D eigenvalue weighted by molar-refractivity contribution is 9.10. The first-order chi connectivity index (χ1) is 13.7. The third kappa shape index (κ3) is 3.87. The number of halogens is 1. The first kappa shape index (κ1) is 18.1. The Labute approximate surface area is 170 Å². The minimum absolute atomic E-state index is 0.235. The van der Waals surface area contributed by atoms with Gasteiger partial charge in [-0.1, -0.05) is 60.7 Å². The molecule has 0 aliphatic rings. The van der Waals surface area contributed by atoms with Crippen LogP contribution in [0.5, 0.6) is 0 Å². The second-order valence-corrected chi connectivity index (χ2v) is 6.96. The maximum Gasteiger partial charge on any atom is 0.253 e. The molecule has 4 aromatic rings.